The van der Waals surface area contributed by atoms with E-state index in [4.69, 9.17) is 0 Å². The maximum Gasteiger partial charge on any atom is 0.321 e. The smallest absolute Gasteiger partial charge is 0.321 e. The van der Waals surface area contributed by atoms with E-state index in [9.17, 15) is 14.7 Å². The van der Waals surface area contributed by atoms with Crippen molar-refractivity contribution in [1.29, 1.82) is 0 Å². The van der Waals surface area contributed by atoms with E-state index in [1.54, 1.807) is 29.9 Å². The van der Waals surface area contributed by atoms with Crippen LogP contribution in [0.25, 0.3) is 0 Å². The van der Waals surface area contributed by atoms with Gasteiger partial charge < -0.3 is 19.9 Å². The minimum atomic E-state index is -0.499. The van der Waals surface area contributed by atoms with Gasteiger partial charge in [0.05, 0.1) is 12.6 Å². The summed E-state index contributed by atoms with van der Waals surface area (Å²) < 4.78 is 1.56. The lowest BCUT2D eigenvalue weighted by Gasteiger charge is -2.21. The van der Waals surface area contributed by atoms with Crippen LogP contribution in [0.4, 0.5) is 10.5 Å². The number of amides is 2. The van der Waals surface area contributed by atoms with Crippen LogP contribution in [0.15, 0.2) is 53.5 Å². The summed E-state index contributed by atoms with van der Waals surface area (Å²) in [7, 11) is 1.62. The van der Waals surface area contributed by atoms with Crippen LogP contribution >= 0.6 is 0 Å². The van der Waals surface area contributed by atoms with E-state index in [-0.39, 0.29) is 17.8 Å². The van der Waals surface area contributed by atoms with Gasteiger partial charge >= 0.3 is 6.03 Å². The molecular weight excluding hydrogens is 318 g/mol. The number of benzene rings is 1. The monoisotopic (exact) mass is 341 g/mol. The maximum absolute atomic E-state index is 12.6. The zero-order valence-corrected chi connectivity index (χ0v) is 14.3. The Bertz CT molecular complexity index is 784. The molecule has 1 heterocycles. The number of hydrogen-bond acceptors (Lipinski definition) is 3. The summed E-state index contributed by atoms with van der Waals surface area (Å²) >= 11 is 0. The summed E-state index contributed by atoms with van der Waals surface area (Å²) in [5.41, 5.74) is 0.991. The maximum atomic E-state index is 12.6. The Morgan fingerprint density at radius 2 is 2.00 bits per heavy atom. The summed E-state index contributed by atoms with van der Waals surface area (Å²) in [6.45, 7) is 0.709. The molecule has 2 aromatic rings. The normalized spacial score (nSPS) is 14.8. The fourth-order valence-corrected chi connectivity index (χ4v) is 2.74. The van der Waals surface area contributed by atoms with Crippen LogP contribution in [0, 0.1) is 5.92 Å². The van der Waals surface area contributed by atoms with E-state index in [0.29, 0.717) is 12.5 Å². The molecule has 0 spiro atoms. The number of aliphatic hydroxyl groups is 1. The van der Waals surface area contributed by atoms with Crippen molar-refractivity contribution in [3.8, 4) is 0 Å². The highest BCUT2D eigenvalue weighted by Crippen LogP contribution is 2.32. The van der Waals surface area contributed by atoms with Crippen molar-refractivity contribution < 1.29 is 9.90 Å². The molecule has 0 radical (unpaired) electrons. The van der Waals surface area contributed by atoms with Gasteiger partial charge in [-0.2, -0.15) is 0 Å². The molecule has 25 heavy (non-hydrogen) atoms. The second-order valence-corrected chi connectivity index (χ2v) is 6.56. The summed E-state index contributed by atoms with van der Waals surface area (Å²) in [6, 6.07) is 12.6. The molecule has 2 N–H and O–H groups in total. The van der Waals surface area contributed by atoms with Gasteiger partial charge in [-0.25, -0.2) is 4.79 Å². The third-order valence-corrected chi connectivity index (χ3v) is 4.43. The highest BCUT2D eigenvalue weighted by atomic mass is 16.3. The first kappa shape index (κ1) is 17.2. The summed E-state index contributed by atoms with van der Waals surface area (Å²) in [5, 5.41) is 12.6. The minimum absolute atomic E-state index is 0.233. The molecule has 1 aromatic carbocycles. The Hall–Kier alpha value is -2.60. The molecule has 1 atom stereocenters. The Morgan fingerprint density at radius 1 is 1.28 bits per heavy atom. The summed E-state index contributed by atoms with van der Waals surface area (Å²) in [5.74, 6) is 0.301. The van der Waals surface area contributed by atoms with Crippen molar-refractivity contribution in [2.24, 2.45) is 5.92 Å². The lowest BCUT2D eigenvalue weighted by molar-refractivity contribution is 0.117. The first-order valence-electron chi connectivity index (χ1n) is 8.48. The number of rotatable bonds is 6. The second-order valence-electron chi connectivity index (χ2n) is 6.56. The molecular formula is C19H23N3O3. The Balaban J connectivity index is 1.66. The number of carbonyl (C=O) groups excluding carboxylic acids is 1. The number of carbonyl (C=O) groups is 1. The van der Waals surface area contributed by atoms with Crippen LogP contribution in [0.5, 0.6) is 0 Å². The molecule has 1 aliphatic carbocycles. The van der Waals surface area contributed by atoms with Crippen LogP contribution in [0.2, 0.25) is 0 Å². The van der Waals surface area contributed by atoms with Gasteiger partial charge in [0.2, 0.25) is 0 Å². The minimum Gasteiger partial charge on any atom is -0.391 e. The number of nitrogens with one attached hydrogen (secondary N) is 1. The molecule has 3 rings (SSSR count). The van der Waals surface area contributed by atoms with Crippen molar-refractivity contribution in [2.75, 3.05) is 18.9 Å². The van der Waals surface area contributed by atoms with E-state index in [2.05, 4.69) is 5.32 Å². The Morgan fingerprint density at radius 3 is 2.68 bits per heavy atom. The standard InChI is InChI=1S/C19H23N3O3/c1-21(13-17(23)15-9-10-15)19(25)20-16-8-5-11-22(18(16)24)12-14-6-3-2-4-7-14/h2-8,11,15,17,23H,9-10,12-13H2,1H3,(H,20,25). The first-order valence-corrected chi connectivity index (χ1v) is 8.48. The number of nitrogens with zero attached hydrogens (tertiary/aromatic N) is 2. The SMILES string of the molecule is CN(CC(O)C1CC1)C(=O)Nc1cccn(Cc2ccccc2)c1=O. The number of aliphatic hydroxyl groups excluding tert-OH is 1. The molecule has 0 aliphatic heterocycles. The van der Waals surface area contributed by atoms with Crippen LogP contribution in [0.1, 0.15) is 18.4 Å². The number of urea groups is 1. The molecule has 0 saturated heterocycles. The molecule has 1 aliphatic rings. The van der Waals surface area contributed by atoms with Crippen molar-refractivity contribution in [2.45, 2.75) is 25.5 Å². The Labute approximate surface area is 146 Å². The van der Waals surface area contributed by atoms with Gasteiger partial charge in [-0.1, -0.05) is 30.3 Å². The van der Waals surface area contributed by atoms with Gasteiger partial charge in [-0.3, -0.25) is 4.79 Å². The van der Waals surface area contributed by atoms with Crippen LogP contribution in [0.3, 0.4) is 0 Å². The van der Waals surface area contributed by atoms with Crippen LogP contribution in [-0.2, 0) is 6.54 Å². The topological polar surface area (TPSA) is 74.6 Å². The molecule has 6 heteroatoms. The third kappa shape index (κ3) is 4.48. The lowest BCUT2D eigenvalue weighted by Crippen LogP contribution is -2.39. The van der Waals surface area contributed by atoms with E-state index in [1.807, 2.05) is 30.3 Å². The van der Waals surface area contributed by atoms with Crippen molar-refractivity contribution in [3.05, 3.63) is 64.6 Å². The van der Waals surface area contributed by atoms with E-state index < -0.39 is 12.1 Å². The van der Waals surface area contributed by atoms with Gasteiger partial charge in [0.25, 0.3) is 5.56 Å². The van der Waals surface area contributed by atoms with Gasteiger partial charge in [-0.15, -0.1) is 0 Å². The van der Waals surface area contributed by atoms with Crippen molar-refractivity contribution in [3.63, 3.8) is 0 Å². The fourth-order valence-electron chi connectivity index (χ4n) is 2.74. The highest BCUT2D eigenvalue weighted by Gasteiger charge is 2.31. The van der Waals surface area contributed by atoms with Gasteiger partial charge in [0.1, 0.15) is 5.69 Å². The molecule has 132 valence electrons. The number of anilines is 1. The third-order valence-electron chi connectivity index (χ3n) is 4.43. The number of pyridine rings is 1. The molecule has 1 saturated carbocycles. The van der Waals surface area contributed by atoms with Gasteiger partial charge in [0, 0.05) is 19.8 Å². The second kappa shape index (κ2) is 7.53. The van der Waals surface area contributed by atoms with E-state index >= 15 is 0 Å². The van der Waals surface area contributed by atoms with Crippen molar-refractivity contribution >= 4 is 11.7 Å². The zero-order valence-electron chi connectivity index (χ0n) is 14.3. The molecule has 1 fully saturated rings. The average molecular weight is 341 g/mol. The zero-order chi connectivity index (χ0) is 17.8. The number of likely N-dealkylation sites (N-methyl/N-ethyl adjacent to an activating group) is 1. The van der Waals surface area contributed by atoms with E-state index in [1.165, 1.54) is 4.90 Å². The predicted octanol–water partition coefficient (Wildman–Crippen LogP) is 2.13. The quantitative estimate of drug-likeness (QED) is 0.845. The number of aromatic nitrogens is 1. The number of hydrogen-bond donors (Lipinski definition) is 2. The fraction of sp³-hybridized carbons (Fsp3) is 0.368. The molecule has 1 unspecified atom stereocenters. The molecule has 2 amide bonds. The van der Waals surface area contributed by atoms with E-state index in [0.717, 1.165) is 18.4 Å². The molecule has 0 bridgehead atoms. The highest BCUT2D eigenvalue weighted by molar-refractivity contribution is 5.88. The van der Waals surface area contributed by atoms with Gasteiger partial charge in [-0.05, 0) is 36.5 Å². The van der Waals surface area contributed by atoms with Crippen LogP contribution in [-0.4, -0.2) is 40.3 Å². The van der Waals surface area contributed by atoms with Crippen LogP contribution < -0.4 is 10.9 Å². The lowest BCUT2D eigenvalue weighted by atomic mass is 10.2. The molecule has 6 nitrogen and oxygen atoms in total. The Kier molecular flexibility index (Phi) is 5.19. The van der Waals surface area contributed by atoms with Crippen molar-refractivity contribution in [1.82, 2.24) is 9.47 Å². The average Bonchev–Trinajstić information content (AvgIpc) is 3.44. The summed E-state index contributed by atoms with van der Waals surface area (Å²) in [6.07, 6.45) is 3.23. The molecule has 1 aromatic heterocycles. The first-order chi connectivity index (χ1) is 12.0. The largest absolute Gasteiger partial charge is 0.391 e. The summed E-state index contributed by atoms with van der Waals surface area (Å²) in [4.78, 5) is 26.2. The van der Waals surface area contributed by atoms with Gasteiger partial charge in [0.15, 0.2) is 0 Å². The predicted molar refractivity (Wildman–Crippen MR) is 96.6 cm³/mol.